The van der Waals surface area contributed by atoms with Crippen LogP contribution in [-0.2, 0) is 19.4 Å². The summed E-state index contributed by atoms with van der Waals surface area (Å²) in [7, 11) is 0. The van der Waals surface area contributed by atoms with Crippen LogP contribution in [0.2, 0.25) is 5.02 Å². The molecule has 5 heteroatoms. The van der Waals surface area contributed by atoms with E-state index in [1.807, 2.05) is 12.1 Å². The van der Waals surface area contributed by atoms with Crippen molar-refractivity contribution in [3.8, 4) is 0 Å². The molecule has 2 aliphatic rings. The van der Waals surface area contributed by atoms with Crippen LogP contribution in [0.1, 0.15) is 49.3 Å². The zero-order valence-electron chi connectivity index (χ0n) is 15.3. The van der Waals surface area contributed by atoms with Crippen molar-refractivity contribution in [2.45, 2.75) is 51.5 Å². The van der Waals surface area contributed by atoms with Crippen LogP contribution < -0.4 is 0 Å². The number of benzene rings is 1. The Morgan fingerprint density at radius 3 is 2.77 bits per heavy atom. The highest BCUT2D eigenvalue weighted by Crippen LogP contribution is 2.28. The molecule has 2 aliphatic heterocycles. The third-order valence-corrected chi connectivity index (χ3v) is 5.90. The lowest BCUT2D eigenvalue weighted by molar-refractivity contribution is 0.296. The van der Waals surface area contributed by atoms with Crippen LogP contribution >= 0.6 is 11.6 Å². The van der Waals surface area contributed by atoms with Crippen LogP contribution in [0.3, 0.4) is 0 Å². The number of rotatable bonds is 5. The minimum Gasteiger partial charge on any atom is -0.315 e. The number of aryl methyl sites for hydroxylation is 2. The van der Waals surface area contributed by atoms with E-state index in [4.69, 9.17) is 11.6 Å². The molecule has 0 N–H and O–H groups in total. The van der Waals surface area contributed by atoms with Gasteiger partial charge in [-0.2, -0.15) is 0 Å². The van der Waals surface area contributed by atoms with Crippen LogP contribution in [-0.4, -0.2) is 39.3 Å². The van der Waals surface area contributed by atoms with Gasteiger partial charge in [-0.1, -0.05) is 42.3 Å². The fraction of sp³-hybridized carbons (Fsp3) is 0.524. The molecule has 0 fully saturated rings. The number of aromatic nitrogens is 3. The number of halogens is 1. The molecule has 0 amide bonds. The molecule has 0 saturated heterocycles. The Kier molecular flexibility index (Phi) is 5.71. The highest BCUT2D eigenvalue weighted by atomic mass is 35.5. The minimum absolute atomic E-state index is 0.861. The fourth-order valence-electron chi connectivity index (χ4n) is 4.07. The Hall–Kier alpha value is -1.65. The molecule has 0 aliphatic carbocycles. The van der Waals surface area contributed by atoms with E-state index < -0.39 is 0 Å². The molecule has 4 rings (SSSR count). The average molecular weight is 371 g/mol. The minimum atomic E-state index is 0.861. The van der Waals surface area contributed by atoms with Gasteiger partial charge < -0.3 is 4.57 Å². The second kappa shape index (κ2) is 8.36. The lowest BCUT2D eigenvalue weighted by atomic mass is 9.99. The molecule has 2 aromatic rings. The third kappa shape index (κ3) is 4.02. The van der Waals surface area contributed by atoms with Crippen LogP contribution in [0.4, 0.5) is 0 Å². The predicted octanol–water partition coefficient (Wildman–Crippen LogP) is 4.38. The standard InChI is InChI=1S/C21H27ClN4/c22-19-8-4-3-7-18(19)17-11-15-25(16-12-17)13-6-10-21-24-23-20-9-2-1-5-14-26(20)21/h3-4,7-8,11H,1-2,5-6,9-10,12-16H2. The molecule has 1 aromatic carbocycles. The largest absolute Gasteiger partial charge is 0.315 e. The molecule has 4 nitrogen and oxygen atoms in total. The maximum absolute atomic E-state index is 6.33. The van der Waals surface area contributed by atoms with Crippen LogP contribution in [0.25, 0.3) is 5.57 Å². The lowest BCUT2D eigenvalue weighted by Crippen LogP contribution is -2.30. The van der Waals surface area contributed by atoms with Crippen LogP contribution in [0.15, 0.2) is 30.3 Å². The van der Waals surface area contributed by atoms with E-state index in [0.29, 0.717) is 0 Å². The molecular formula is C21H27ClN4. The first-order valence-corrected chi connectivity index (χ1v) is 10.3. The normalized spacial score (nSPS) is 18.3. The Morgan fingerprint density at radius 2 is 1.92 bits per heavy atom. The molecule has 0 unspecified atom stereocenters. The number of hydrogen-bond acceptors (Lipinski definition) is 3. The lowest BCUT2D eigenvalue weighted by Gasteiger charge is -2.26. The molecule has 0 radical (unpaired) electrons. The van der Waals surface area contributed by atoms with Gasteiger partial charge in [0.1, 0.15) is 11.6 Å². The van der Waals surface area contributed by atoms with Gasteiger partial charge in [-0.05, 0) is 49.4 Å². The third-order valence-electron chi connectivity index (χ3n) is 5.57. The molecule has 0 atom stereocenters. The first kappa shape index (κ1) is 17.7. The zero-order chi connectivity index (χ0) is 17.8. The summed E-state index contributed by atoms with van der Waals surface area (Å²) >= 11 is 6.33. The summed E-state index contributed by atoms with van der Waals surface area (Å²) in [6, 6.07) is 8.16. The highest BCUT2D eigenvalue weighted by molar-refractivity contribution is 6.32. The summed E-state index contributed by atoms with van der Waals surface area (Å²) in [6.45, 7) is 4.34. The van der Waals surface area contributed by atoms with Crippen molar-refractivity contribution in [3.05, 3.63) is 52.6 Å². The van der Waals surface area contributed by atoms with Crippen LogP contribution in [0.5, 0.6) is 0 Å². The van der Waals surface area contributed by atoms with E-state index in [2.05, 4.69) is 37.9 Å². The zero-order valence-corrected chi connectivity index (χ0v) is 16.1. The van der Waals surface area contributed by atoms with E-state index in [0.717, 1.165) is 56.9 Å². The fourth-order valence-corrected chi connectivity index (χ4v) is 4.33. The van der Waals surface area contributed by atoms with Crippen molar-refractivity contribution in [2.75, 3.05) is 19.6 Å². The van der Waals surface area contributed by atoms with Crippen molar-refractivity contribution in [3.63, 3.8) is 0 Å². The van der Waals surface area contributed by atoms with Gasteiger partial charge in [0.25, 0.3) is 0 Å². The SMILES string of the molecule is Clc1ccccc1C1=CCN(CCCc2nnc3n2CCCCC3)CC1. The second-order valence-electron chi connectivity index (χ2n) is 7.36. The molecule has 0 bridgehead atoms. The van der Waals surface area contributed by atoms with Gasteiger partial charge in [0.2, 0.25) is 0 Å². The van der Waals surface area contributed by atoms with Crippen molar-refractivity contribution >= 4 is 17.2 Å². The Morgan fingerprint density at radius 1 is 1.00 bits per heavy atom. The van der Waals surface area contributed by atoms with Gasteiger partial charge >= 0.3 is 0 Å². The summed E-state index contributed by atoms with van der Waals surface area (Å²) < 4.78 is 2.37. The topological polar surface area (TPSA) is 34.0 Å². The summed E-state index contributed by atoms with van der Waals surface area (Å²) in [5, 5.41) is 9.72. The Bertz CT molecular complexity index is 780. The van der Waals surface area contributed by atoms with Crippen molar-refractivity contribution < 1.29 is 0 Å². The second-order valence-corrected chi connectivity index (χ2v) is 7.77. The number of hydrogen-bond donors (Lipinski definition) is 0. The number of nitrogens with zero attached hydrogens (tertiary/aromatic N) is 4. The summed E-state index contributed by atoms with van der Waals surface area (Å²) in [5.41, 5.74) is 2.58. The molecule has 1 aromatic heterocycles. The molecule has 3 heterocycles. The average Bonchev–Trinajstić information content (AvgIpc) is 2.89. The molecule has 26 heavy (non-hydrogen) atoms. The van der Waals surface area contributed by atoms with Crippen molar-refractivity contribution in [2.24, 2.45) is 0 Å². The summed E-state index contributed by atoms with van der Waals surface area (Å²) in [6.07, 6.45) is 10.5. The Labute approximate surface area is 160 Å². The van der Waals surface area contributed by atoms with E-state index in [-0.39, 0.29) is 0 Å². The molecular weight excluding hydrogens is 344 g/mol. The van der Waals surface area contributed by atoms with Crippen LogP contribution in [0, 0.1) is 0 Å². The maximum Gasteiger partial charge on any atom is 0.133 e. The number of fused-ring (bicyclic) bond motifs is 1. The van der Waals surface area contributed by atoms with E-state index >= 15 is 0 Å². The van der Waals surface area contributed by atoms with Crippen molar-refractivity contribution in [1.82, 2.24) is 19.7 Å². The summed E-state index contributed by atoms with van der Waals surface area (Å²) in [4.78, 5) is 2.53. The van der Waals surface area contributed by atoms with Gasteiger partial charge in [-0.25, -0.2) is 0 Å². The molecule has 138 valence electrons. The van der Waals surface area contributed by atoms with Gasteiger partial charge in [-0.15, -0.1) is 10.2 Å². The maximum atomic E-state index is 6.33. The molecule has 0 spiro atoms. The summed E-state index contributed by atoms with van der Waals surface area (Å²) in [5.74, 6) is 2.38. The highest BCUT2D eigenvalue weighted by Gasteiger charge is 2.16. The van der Waals surface area contributed by atoms with E-state index in [1.54, 1.807) is 0 Å². The van der Waals surface area contributed by atoms with Crippen molar-refractivity contribution in [1.29, 1.82) is 0 Å². The van der Waals surface area contributed by atoms with Gasteiger partial charge in [0, 0.05) is 37.5 Å². The quantitative estimate of drug-likeness (QED) is 0.783. The van der Waals surface area contributed by atoms with E-state index in [9.17, 15) is 0 Å². The van der Waals surface area contributed by atoms with Gasteiger partial charge in [0.05, 0.1) is 0 Å². The molecule has 0 saturated carbocycles. The first-order chi connectivity index (χ1) is 12.8. The van der Waals surface area contributed by atoms with E-state index in [1.165, 1.54) is 42.0 Å². The first-order valence-electron chi connectivity index (χ1n) is 9.88. The predicted molar refractivity (Wildman–Crippen MR) is 106 cm³/mol. The van der Waals surface area contributed by atoms with Gasteiger partial charge in [0.15, 0.2) is 0 Å². The Balaban J connectivity index is 1.29. The smallest absolute Gasteiger partial charge is 0.133 e. The monoisotopic (exact) mass is 370 g/mol. The van der Waals surface area contributed by atoms with Gasteiger partial charge in [-0.3, -0.25) is 4.90 Å².